The molecule has 1 aromatic rings. The van der Waals surface area contributed by atoms with Gasteiger partial charge >= 0.3 is 5.97 Å². The van der Waals surface area contributed by atoms with Gasteiger partial charge in [-0.1, -0.05) is 18.2 Å². The van der Waals surface area contributed by atoms with Gasteiger partial charge in [0.1, 0.15) is 11.5 Å². The summed E-state index contributed by atoms with van der Waals surface area (Å²) in [6, 6.07) is 3.58. The lowest BCUT2D eigenvalue weighted by Gasteiger charge is -2.27. The molecule has 1 aromatic heterocycles. The average Bonchev–Trinajstić information content (AvgIpc) is 3.15. The van der Waals surface area contributed by atoms with Crippen LogP contribution in [-0.2, 0) is 14.3 Å². The van der Waals surface area contributed by atoms with E-state index in [2.05, 4.69) is 4.98 Å². The van der Waals surface area contributed by atoms with Crippen LogP contribution in [0.5, 0.6) is 0 Å². The SMILES string of the molecule is C[C@@H](c1cccnc1)N1C[C@@]23C=C[C@@H](O2)[C@H](C(=O)O)[C@H]3C1=O. The van der Waals surface area contributed by atoms with E-state index in [0.717, 1.165) is 5.56 Å². The van der Waals surface area contributed by atoms with Crippen LogP contribution >= 0.6 is 0 Å². The van der Waals surface area contributed by atoms with Crippen molar-refractivity contribution in [3.8, 4) is 0 Å². The van der Waals surface area contributed by atoms with Crippen LogP contribution in [0, 0.1) is 11.8 Å². The second-order valence-electron chi connectivity index (χ2n) is 6.17. The number of hydrogen-bond acceptors (Lipinski definition) is 4. The van der Waals surface area contributed by atoms with Gasteiger partial charge in [0, 0.05) is 12.4 Å². The molecule has 3 aliphatic heterocycles. The quantitative estimate of drug-likeness (QED) is 0.843. The van der Waals surface area contributed by atoms with Gasteiger partial charge in [-0.05, 0) is 18.6 Å². The largest absolute Gasteiger partial charge is 0.481 e. The van der Waals surface area contributed by atoms with Crippen LogP contribution < -0.4 is 0 Å². The Balaban J connectivity index is 1.68. The van der Waals surface area contributed by atoms with Gasteiger partial charge in [0.05, 0.1) is 24.6 Å². The van der Waals surface area contributed by atoms with Gasteiger partial charge in [-0.2, -0.15) is 0 Å². The lowest BCUT2D eigenvalue weighted by Crippen LogP contribution is -2.39. The minimum Gasteiger partial charge on any atom is -0.481 e. The zero-order valence-electron chi connectivity index (χ0n) is 12.0. The molecule has 0 saturated carbocycles. The molecule has 6 nitrogen and oxygen atoms in total. The third kappa shape index (κ3) is 1.61. The Morgan fingerprint density at radius 2 is 2.41 bits per heavy atom. The first-order chi connectivity index (χ1) is 10.5. The van der Waals surface area contributed by atoms with Gasteiger partial charge in [0.15, 0.2) is 0 Å². The number of hydrogen-bond donors (Lipinski definition) is 1. The van der Waals surface area contributed by atoms with Crippen LogP contribution in [-0.4, -0.2) is 45.1 Å². The molecule has 1 amide bonds. The predicted octanol–water partition coefficient (Wildman–Crippen LogP) is 1.01. The number of nitrogens with zero attached hydrogens (tertiary/aromatic N) is 2. The Kier molecular flexibility index (Phi) is 2.69. The van der Waals surface area contributed by atoms with Gasteiger partial charge < -0.3 is 14.7 Å². The van der Waals surface area contributed by atoms with E-state index in [1.165, 1.54) is 0 Å². The lowest BCUT2D eigenvalue weighted by molar-refractivity contribution is -0.148. The first-order valence-corrected chi connectivity index (χ1v) is 7.34. The normalized spacial score (nSPS) is 36.7. The molecule has 4 rings (SSSR count). The lowest BCUT2D eigenvalue weighted by atomic mass is 9.77. The molecule has 2 bridgehead atoms. The fourth-order valence-electron chi connectivity index (χ4n) is 3.94. The number of fused-ring (bicyclic) bond motifs is 1. The molecule has 5 atom stereocenters. The molecule has 0 aromatic carbocycles. The van der Waals surface area contributed by atoms with Gasteiger partial charge in [0.2, 0.25) is 5.91 Å². The number of aromatic nitrogens is 1. The summed E-state index contributed by atoms with van der Waals surface area (Å²) in [4.78, 5) is 30.2. The number of ether oxygens (including phenoxy) is 1. The summed E-state index contributed by atoms with van der Waals surface area (Å²) < 4.78 is 5.87. The van der Waals surface area contributed by atoms with Gasteiger partial charge in [-0.3, -0.25) is 14.6 Å². The van der Waals surface area contributed by atoms with Crippen LogP contribution in [0.2, 0.25) is 0 Å². The number of pyridine rings is 1. The highest BCUT2D eigenvalue weighted by atomic mass is 16.5. The molecule has 2 saturated heterocycles. The van der Waals surface area contributed by atoms with E-state index in [1.54, 1.807) is 23.4 Å². The number of likely N-dealkylation sites (tertiary alicyclic amines) is 1. The third-order valence-corrected chi connectivity index (χ3v) is 5.05. The van der Waals surface area contributed by atoms with Crippen molar-refractivity contribution in [1.29, 1.82) is 0 Å². The van der Waals surface area contributed by atoms with Crippen LogP contribution in [0.3, 0.4) is 0 Å². The molecule has 4 heterocycles. The summed E-state index contributed by atoms with van der Waals surface area (Å²) in [5, 5.41) is 9.44. The Labute approximate surface area is 127 Å². The van der Waals surface area contributed by atoms with Crippen molar-refractivity contribution in [2.24, 2.45) is 11.8 Å². The molecule has 2 fully saturated rings. The van der Waals surface area contributed by atoms with Gasteiger partial charge in [-0.25, -0.2) is 0 Å². The highest BCUT2D eigenvalue weighted by Gasteiger charge is 2.67. The van der Waals surface area contributed by atoms with Crippen molar-refractivity contribution in [3.05, 3.63) is 42.2 Å². The van der Waals surface area contributed by atoms with Crippen molar-refractivity contribution in [1.82, 2.24) is 9.88 Å². The first-order valence-electron chi connectivity index (χ1n) is 7.34. The van der Waals surface area contributed by atoms with Crippen molar-refractivity contribution < 1.29 is 19.4 Å². The maximum atomic E-state index is 12.8. The molecular weight excluding hydrogens is 284 g/mol. The molecule has 0 aliphatic carbocycles. The summed E-state index contributed by atoms with van der Waals surface area (Å²) in [7, 11) is 0. The standard InChI is InChI=1S/C16H16N2O4/c1-9(10-3-2-6-17-7-10)18-8-16-5-4-11(22-16)12(15(20)21)13(16)14(18)19/h2-7,9,11-13H,8H2,1H3,(H,20,21)/t9-,11+,12-,13-,16+/m0/s1. The number of aliphatic carboxylic acids is 1. The van der Waals surface area contributed by atoms with Crippen LogP contribution in [0.1, 0.15) is 18.5 Å². The molecule has 0 radical (unpaired) electrons. The summed E-state index contributed by atoms with van der Waals surface area (Å²) in [5.41, 5.74) is 0.152. The van der Waals surface area contributed by atoms with E-state index in [9.17, 15) is 14.7 Å². The fourth-order valence-corrected chi connectivity index (χ4v) is 3.94. The first kappa shape index (κ1) is 13.5. The summed E-state index contributed by atoms with van der Waals surface area (Å²) >= 11 is 0. The van der Waals surface area contributed by atoms with E-state index in [-0.39, 0.29) is 11.9 Å². The van der Waals surface area contributed by atoms with Crippen molar-refractivity contribution in [2.45, 2.75) is 24.7 Å². The fraction of sp³-hybridized carbons (Fsp3) is 0.438. The number of carbonyl (C=O) groups is 2. The summed E-state index contributed by atoms with van der Waals surface area (Å²) in [6.07, 6.45) is 6.58. The maximum absolute atomic E-state index is 12.8. The monoisotopic (exact) mass is 300 g/mol. The van der Waals surface area contributed by atoms with Crippen LogP contribution in [0.25, 0.3) is 0 Å². The Morgan fingerprint density at radius 1 is 1.59 bits per heavy atom. The molecule has 22 heavy (non-hydrogen) atoms. The highest BCUT2D eigenvalue weighted by Crippen LogP contribution is 2.53. The van der Waals surface area contributed by atoms with E-state index >= 15 is 0 Å². The molecule has 6 heteroatoms. The Hall–Kier alpha value is -2.21. The summed E-state index contributed by atoms with van der Waals surface area (Å²) in [5.74, 6) is -2.52. The van der Waals surface area contributed by atoms with E-state index in [4.69, 9.17) is 4.74 Å². The topological polar surface area (TPSA) is 79.7 Å². The molecule has 114 valence electrons. The summed E-state index contributed by atoms with van der Waals surface area (Å²) in [6.45, 7) is 2.32. The smallest absolute Gasteiger partial charge is 0.310 e. The van der Waals surface area contributed by atoms with Crippen LogP contribution in [0.4, 0.5) is 0 Å². The zero-order valence-corrected chi connectivity index (χ0v) is 12.0. The molecule has 1 spiro atoms. The predicted molar refractivity (Wildman–Crippen MR) is 75.7 cm³/mol. The zero-order chi connectivity index (χ0) is 15.5. The molecule has 1 N–H and O–H groups in total. The average molecular weight is 300 g/mol. The minimum absolute atomic E-state index is 0.143. The Morgan fingerprint density at radius 3 is 3.09 bits per heavy atom. The second-order valence-corrected chi connectivity index (χ2v) is 6.17. The number of rotatable bonds is 3. The second kappa shape index (κ2) is 4.39. The van der Waals surface area contributed by atoms with E-state index in [0.29, 0.717) is 6.54 Å². The Bertz CT molecular complexity index is 674. The molecule has 3 aliphatic rings. The van der Waals surface area contributed by atoms with E-state index in [1.807, 2.05) is 25.1 Å². The number of carboxylic acids is 1. The maximum Gasteiger partial charge on any atom is 0.310 e. The molecular formula is C16H16N2O4. The van der Waals surface area contributed by atoms with Gasteiger partial charge in [-0.15, -0.1) is 0 Å². The van der Waals surface area contributed by atoms with E-state index < -0.39 is 29.5 Å². The van der Waals surface area contributed by atoms with Crippen molar-refractivity contribution in [2.75, 3.05) is 6.54 Å². The third-order valence-electron chi connectivity index (χ3n) is 5.05. The van der Waals surface area contributed by atoms with Crippen molar-refractivity contribution >= 4 is 11.9 Å². The number of carboxylic acid groups (broad SMARTS) is 1. The van der Waals surface area contributed by atoms with Gasteiger partial charge in [0.25, 0.3) is 0 Å². The molecule has 0 unspecified atom stereocenters. The van der Waals surface area contributed by atoms with Crippen LogP contribution in [0.15, 0.2) is 36.7 Å². The highest BCUT2D eigenvalue weighted by molar-refractivity contribution is 5.91. The number of carbonyl (C=O) groups excluding carboxylic acids is 1. The minimum atomic E-state index is -0.967. The van der Waals surface area contributed by atoms with Crippen molar-refractivity contribution in [3.63, 3.8) is 0 Å². The number of amides is 1.